The van der Waals surface area contributed by atoms with Crippen LogP contribution in [0.5, 0.6) is 0 Å². The molecular formula is C21H20F2N4. The molecular weight excluding hydrogens is 346 g/mol. The highest BCUT2D eigenvalue weighted by Gasteiger charge is 2.39. The number of nitrogens with two attached hydrogens (primary N) is 1. The van der Waals surface area contributed by atoms with Gasteiger partial charge in [0.05, 0.1) is 11.9 Å². The molecule has 0 saturated carbocycles. The molecule has 27 heavy (non-hydrogen) atoms. The van der Waals surface area contributed by atoms with Crippen molar-refractivity contribution in [3.8, 4) is 0 Å². The van der Waals surface area contributed by atoms with Crippen LogP contribution in [-0.2, 0) is 13.1 Å². The number of aromatic amines is 1. The van der Waals surface area contributed by atoms with Gasteiger partial charge in [0.25, 0.3) is 0 Å². The number of aromatic nitrogens is 2. The third-order valence-electron chi connectivity index (χ3n) is 5.89. The van der Waals surface area contributed by atoms with Gasteiger partial charge in [-0.15, -0.1) is 0 Å². The molecule has 0 amide bonds. The normalized spacial score (nSPS) is 24.6. The summed E-state index contributed by atoms with van der Waals surface area (Å²) in [4.78, 5) is 2.37. The first-order valence-electron chi connectivity index (χ1n) is 9.16. The average Bonchev–Trinajstić information content (AvgIpc) is 3.25. The fourth-order valence-corrected chi connectivity index (χ4v) is 4.66. The van der Waals surface area contributed by atoms with Gasteiger partial charge in [0, 0.05) is 36.7 Å². The highest BCUT2D eigenvalue weighted by molar-refractivity contribution is 5.44. The number of H-pyrrole nitrogens is 1. The molecule has 4 nitrogen and oxygen atoms in total. The van der Waals surface area contributed by atoms with Gasteiger partial charge in [0.15, 0.2) is 0 Å². The Morgan fingerprint density at radius 2 is 1.85 bits per heavy atom. The number of hydrogen-bond donors (Lipinski definition) is 2. The predicted octanol–water partition coefficient (Wildman–Crippen LogP) is 3.61. The van der Waals surface area contributed by atoms with E-state index >= 15 is 0 Å². The fraction of sp³-hybridized carbons (Fsp3) is 0.286. The zero-order valence-corrected chi connectivity index (χ0v) is 14.7. The lowest BCUT2D eigenvalue weighted by Crippen LogP contribution is -2.40. The number of benzene rings is 2. The maximum Gasteiger partial charge on any atom is 0.127 e. The van der Waals surface area contributed by atoms with Crippen molar-refractivity contribution in [2.45, 2.75) is 37.5 Å². The molecule has 2 heterocycles. The quantitative estimate of drug-likeness (QED) is 0.728. The molecule has 2 aromatic carbocycles. The Hall–Kier alpha value is -2.57. The third kappa shape index (κ3) is 2.67. The van der Waals surface area contributed by atoms with Crippen LogP contribution in [0.3, 0.4) is 0 Å². The largest absolute Gasteiger partial charge is 0.327 e. The number of nitrogens with one attached hydrogen (secondary N) is 1. The molecule has 1 aromatic heterocycles. The molecule has 1 aliphatic heterocycles. The zero-order valence-electron chi connectivity index (χ0n) is 14.7. The van der Waals surface area contributed by atoms with Gasteiger partial charge >= 0.3 is 0 Å². The van der Waals surface area contributed by atoms with Crippen molar-refractivity contribution in [2.75, 3.05) is 0 Å². The molecule has 0 fully saturated rings. The maximum atomic E-state index is 14.5. The molecule has 2 aliphatic rings. The summed E-state index contributed by atoms with van der Waals surface area (Å²) in [6.07, 6.45) is 2.56. The highest BCUT2D eigenvalue weighted by Crippen LogP contribution is 2.45. The summed E-state index contributed by atoms with van der Waals surface area (Å²) in [6.45, 7) is 1.61. The minimum Gasteiger partial charge on any atom is -0.327 e. The van der Waals surface area contributed by atoms with Gasteiger partial charge in [-0.1, -0.05) is 24.3 Å². The predicted molar refractivity (Wildman–Crippen MR) is 97.8 cm³/mol. The highest BCUT2D eigenvalue weighted by atomic mass is 19.1. The van der Waals surface area contributed by atoms with E-state index in [0.717, 1.165) is 36.0 Å². The van der Waals surface area contributed by atoms with Crippen LogP contribution in [0.15, 0.2) is 48.7 Å². The number of halogens is 2. The lowest BCUT2D eigenvalue weighted by Gasteiger charge is -2.40. The Morgan fingerprint density at radius 1 is 1.04 bits per heavy atom. The second kappa shape index (κ2) is 6.25. The number of nitrogens with zero attached hydrogens (tertiary/aromatic N) is 2. The minimum absolute atomic E-state index is 0.143. The molecule has 2 unspecified atom stereocenters. The summed E-state index contributed by atoms with van der Waals surface area (Å²) in [5.74, 6) is -1.20. The van der Waals surface area contributed by atoms with Crippen LogP contribution in [0.1, 0.15) is 46.3 Å². The van der Waals surface area contributed by atoms with Crippen molar-refractivity contribution in [1.82, 2.24) is 15.1 Å². The number of hydrogen-bond acceptors (Lipinski definition) is 3. The fourth-order valence-electron chi connectivity index (χ4n) is 4.66. The Morgan fingerprint density at radius 3 is 2.67 bits per heavy atom. The Bertz CT molecular complexity index is 979. The van der Waals surface area contributed by atoms with E-state index in [0.29, 0.717) is 12.0 Å². The van der Waals surface area contributed by atoms with E-state index in [1.165, 1.54) is 17.7 Å². The van der Waals surface area contributed by atoms with Crippen molar-refractivity contribution in [3.63, 3.8) is 0 Å². The summed E-state index contributed by atoms with van der Waals surface area (Å²) in [6, 6.07) is 11.5. The van der Waals surface area contributed by atoms with E-state index < -0.39 is 11.6 Å². The van der Waals surface area contributed by atoms with E-state index in [1.54, 1.807) is 0 Å². The van der Waals surface area contributed by atoms with Crippen LogP contribution in [-0.4, -0.2) is 21.1 Å². The van der Waals surface area contributed by atoms with Crippen LogP contribution in [0.25, 0.3) is 0 Å². The SMILES string of the molecule is NC1CC(N2Cc3cn[nH]c3C2)c2ccccc2[C@@H]1c1cc(F)ccc1F. The van der Waals surface area contributed by atoms with Crippen molar-refractivity contribution in [2.24, 2.45) is 5.73 Å². The molecule has 5 rings (SSSR count). The standard InChI is InChI=1S/C21H20F2N4/c22-13-5-6-17(23)16(7-13)21-15-4-2-1-3-14(15)20(8-18(21)24)27-10-12-9-25-26-19(12)11-27/h1-7,9,18,20-21H,8,10-11,24H2,(H,25,26)/t18?,20?,21-/m1/s1. The Kier molecular flexibility index (Phi) is 3.84. The summed E-state index contributed by atoms with van der Waals surface area (Å²) >= 11 is 0. The smallest absolute Gasteiger partial charge is 0.127 e. The number of rotatable bonds is 2. The van der Waals surface area contributed by atoms with Crippen molar-refractivity contribution < 1.29 is 8.78 Å². The van der Waals surface area contributed by atoms with Gasteiger partial charge in [-0.25, -0.2) is 8.78 Å². The van der Waals surface area contributed by atoms with E-state index in [1.807, 2.05) is 24.4 Å². The number of fused-ring (bicyclic) bond motifs is 2. The van der Waals surface area contributed by atoms with Gasteiger partial charge in [-0.05, 0) is 41.3 Å². The monoisotopic (exact) mass is 366 g/mol. The molecule has 138 valence electrons. The first-order chi connectivity index (χ1) is 13.1. The molecule has 3 aromatic rings. The van der Waals surface area contributed by atoms with Crippen molar-refractivity contribution >= 4 is 0 Å². The first-order valence-corrected chi connectivity index (χ1v) is 9.16. The van der Waals surface area contributed by atoms with Crippen LogP contribution in [0.2, 0.25) is 0 Å². The molecule has 3 atom stereocenters. The molecule has 0 bridgehead atoms. The molecule has 0 spiro atoms. The summed E-state index contributed by atoms with van der Waals surface area (Å²) in [7, 11) is 0. The zero-order chi connectivity index (χ0) is 18.5. The van der Waals surface area contributed by atoms with Gasteiger partial charge in [-0.2, -0.15) is 5.10 Å². The topological polar surface area (TPSA) is 57.9 Å². The van der Waals surface area contributed by atoms with Gasteiger partial charge < -0.3 is 5.73 Å². The lowest BCUT2D eigenvalue weighted by molar-refractivity contribution is 0.167. The van der Waals surface area contributed by atoms with Gasteiger partial charge in [0.1, 0.15) is 11.6 Å². The van der Waals surface area contributed by atoms with Gasteiger partial charge in [0.2, 0.25) is 0 Å². The van der Waals surface area contributed by atoms with E-state index in [2.05, 4.69) is 21.2 Å². The van der Waals surface area contributed by atoms with E-state index in [-0.39, 0.29) is 18.0 Å². The average molecular weight is 366 g/mol. The van der Waals surface area contributed by atoms with Gasteiger partial charge in [-0.3, -0.25) is 10.00 Å². The molecule has 0 saturated heterocycles. The van der Waals surface area contributed by atoms with Crippen LogP contribution < -0.4 is 5.73 Å². The van der Waals surface area contributed by atoms with Crippen LogP contribution >= 0.6 is 0 Å². The second-order valence-electron chi connectivity index (χ2n) is 7.47. The summed E-state index contributed by atoms with van der Waals surface area (Å²) in [5.41, 5.74) is 11.4. The minimum atomic E-state index is -0.441. The van der Waals surface area contributed by atoms with E-state index in [4.69, 9.17) is 5.73 Å². The molecule has 6 heteroatoms. The Balaban J connectivity index is 1.56. The molecule has 0 radical (unpaired) electrons. The summed E-state index contributed by atoms with van der Waals surface area (Å²) < 4.78 is 28.3. The van der Waals surface area contributed by atoms with Crippen LogP contribution in [0.4, 0.5) is 8.78 Å². The van der Waals surface area contributed by atoms with Crippen LogP contribution in [0, 0.1) is 11.6 Å². The summed E-state index contributed by atoms with van der Waals surface area (Å²) in [5, 5.41) is 7.15. The Labute approximate surface area is 156 Å². The lowest BCUT2D eigenvalue weighted by atomic mass is 9.73. The first kappa shape index (κ1) is 16.6. The van der Waals surface area contributed by atoms with E-state index in [9.17, 15) is 8.78 Å². The van der Waals surface area contributed by atoms with Crippen molar-refractivity contribution in [1.29, 1.82) is 0 Å². The van der Waals surface area contributed by atoms with Crippen molar-refractivity contribution in [3.05, 3.63) is 88.2 Å². The second-order valence-corrected chi connectivity index (χ2v) is 7.47. The molecule has 1 aliphatic carbocycles. The third-order valence-corrected chi connectivity index (χ3v) is 5.89. The maximum absolute atomic E-state index is 14.5. The molecule has 3 N–H and O–H groups in total.